The van der Waals surface area contributed by atoms with Crippen LogP contribution in [0.5, 0.6) is 0 Å². The second-order valence-electron chi connectivity index (χ2n) is 4.33. The van der Waals surface area contributed by atoms with Crippen LogP contribution in [0.3, 0.4) is 0 Å². The smallest absolute Gasteiger partial charge is 0.326 e. The normalized spacial score (nSPS) is 13.7. The van der Waals surface area contributed by atoms with Gasteiger partial charge in [0.05, 0.1) is 0 Å². The quantitative estimate of drug-likeness (QED) is 0.871. The first kappa shape index (κ1) is 15.6. The van der Waals surface area contributed by atoms with Crippen molar-refractivity contribution in [3.05, 3.63) is 34.1 Å². The van der Waals surface area contributed by atoms with E-state index in [2.05, 4.69) is 21.2 Å². The molecule has 19 heavy (non-hydrogen) atoms. The molecule has 0 fully saturated rings. The molecule has 1 aromatic carbocycles. The molecular formula is C13H15BrFNO3. The molecule has 6 heteroatoms. The summed E-state index contributed by atoms with van der Waals surface area (Å²) in [5.41, 5.74) is 0.0847. The predicted octanol–water partition coefficient (Wildman–Crippen LogP) is 2.82. The van der Waals surface area contributed by atoms with Gasteiger partial charge in [0.2, 0.25) is 0 Å². The Morgan fingerprint density at radius 1 is 1.42 bits per heavy atom. The highest BCUT2D eigenvalue weighted by atomic mass is 79.9. The Hall–Kier alpha value is -1.43. The fourth-order valence-electron chi connectivity index (χ4n) is 1.59. The molecule has 0 aliphatic heterocycles. The van der Waals surface area contributed by atoms with Crippen LogP contribution in [0.2, 0.25) is 0 Å². The summed E-state index contributed by atoms with van der Waals surface area (Å²) >= 11 is 3.08. The van der Waals surface area contributed by atoms with E-state index in [1.165, 1.54) is 12.1 Å². The number of hydrogen-bond donors (Lipinski definition) is 2. The number of hydrogen-bond acceptors (Lipinski definition) is 2. The largest absolute Gasteiger partial charge is 0.480 e. The van der Waals surface area contributed by atoms with Gasteiger partial charge in [0.25, 0.3) is 5.91 Å². The summed E-state index contributed by atoms with van der Waals surface area (Å²) in [5, 5.41) is 11.5. The molecule has 0 aliphatic rings. The number of nitrogens with one attached hydrogen (secondary N) is 1. The first-order chi connectivity index (χ1) is 8.85. The molecule has 104 valence electrons. The van der Waals surface area contributed by atoms with E-state index in [-0.39, 0.29) is 11.5 Å². The Balaban J connectivity index is 2.90. The van der Waals surface area contributed by atoms with Crippen molar-refractivity contribution in [1.29, 1.82) is 0 Å². The molecule has 0 aromatic heterocycles. The van der Waals surface area contributed by atoms with Gasteiger partial charge in [0, 0.05) is 10.0 Å². The molecule has 2 atom stereocenters. The van der Waals surface area contributed by atoms with Crippen LogP contribution in [-0.2, 0) is 4.79 Å². The van der Waals surface area contributed by atoms with Crippen molar-refractivity contribution in [3.63, 3.8) is 0 Å². The van der Waals surface area contributed by atoms with E-state index < -0.39 is 23.7 Å². The van der Waals surface area contributed by atoms with Crippen LogP contribution < -0.4 is 5.32 Å². The molecule has 2 N–H and O–H groups in total. The lowest BCUT2D eigenvalue weighted by atomic mass is 9.99. The first-order valence-electron chi connectivity index (χ1n) is 5.85. The maximum absolute atomic E-state index is 13.2. The van der Waals surface area contributed by atoms with Crippen molar-refractivity contribution in [3.8, 4) is 0 Å². The zero-order valence-electron chi connectivity index (χ0n) is 10.6. The highest BCUT2D eigenvalue weighted by Gasteiger charge is 2.25. The van der Waals surface area contributed by atoms with Crippen molar-refractivity contribution in [1.82, 2.24) is 5.32 Å². The van der Waals surface area contributed by atoms with E-state index in [0.717, 1.165) is 6.07 Å². The molecule has 0 bridgehead atoms. The van der Waals surface area contributed by atoms with Crippen LogP contribution in [0.1, 0.15) is 30.6 Å². The van der Waals surface area contributed by atoms with Crippen LogP contribution >= 0.6 is 15.9 Å². The standard InChI is InChI=1S/C13H15BrFNO3/c1-3-7(2)11(13(18)19)16-12(17)8-4-9(14)6-10(15)5-8/h4-7,11H,3H2,1-2H3,(H,16,17)(H,18,19)/t7-,11-/m0/s1. The molecule has 0 aliphatic carbocycles. The number of carboxylic acids is 1. The third-order valence-electron chi connectivity index (χ3n) is 2.89. The molecule has 0 saturated carbocycles. The summed E-state index contributed by atoms with van der Waals surface area (Å²) in [7, 11) is 0. The van der Waals surface area contributed by atoms with Crippen LogP contribution in [-0.4, -0.2) is 23.0 Å². The Labute approximate surface area is 119 Å². The predicted molar refractivity (Wildman–Crippen MR) is 72.4 cm³/mol. The SMILES string of the molecule is CC[C@H](C)[C@H](NC(=O)c1cc(F)cc(Br)c1)C(=O)O. The highest BCUT2D eigenvalue weighted by Crippen LogP contribution is 2.16. The number of rotatable bonds is 5. The van der Waals surface area contributed by atoms with Crippen molar-refractivity contribution in [2.75, 3.05) is 0 Å². The average Bonchev–Trinajstić information content (AvgIpc) is 2.33. The van der Waals surface area contributed by atoms with E-state index in [0.29, 0.717) is 10.9 Å². The summed E-state index contributed by atoms with van der Waals surface area (Å²) in [6, 6.07) is 2.74. The first-order valence-corrected chi connectivity index (χ1v) is 6.64. The number of halogens is 2. The Morgan fingerprint density at radius 3 is 2.53 bits per heavy atom. The molecule has 0 heterocycles. The second kappa shape index (κ2) is 6.65. The third kappa shape index (κ3) is 4.31. The van der Waals surface area contributed by atoms with Gasteiger partial charge < -0.3 is 10.4 Å². The third-order valence-corrected chi connectivity index (χ3v) is 3.35. The molecule has 1 amide bonds. The van der Waals surface area contributed by atoms with Gasteiger partial charge in [-0.1, -0.05) is 36.2 Å². The van der Waals surface area contributed by atoms with E-state index in [1.54, 1.807) is 6.92 Å². The van der Waals surface area contributed by atoms with E-state index in [1.807, 2.05) is 6.92 Å². The molecular weight excluding hydrogens is 317 g/mol. The second-order valence-corrected chi connectivity index (χ2v) is 5.25. The van der Waals surface area contributed by atoms with Crippen molar-refractivity contribution in [2.24, 2.45) is 5.92 Å². The van der Waals surface area contributed by atoms with Crippen molar-refractivity contribution in [2.45, 2.75) is 26.3 Å². The van der Waals surface area contributed by atoms with E-state index >= 15 is 0 Å². The number of carbonyl (C=O) groups is 2. The van der Waals surface area contributed by atoms with Crippen LogP contribution in [0.4, 0.5) is 4.39 Å². The van der Waals surface area contributed by atoms with Gasteiger partial charge in [0.15, 0.2) is 0 Å². The van der Waals surface area contributed by atoms with Crippen LogP contribution in [0.15, 0.2) is 22.7 Å². The van der Waals surface area contributed by atoms with Gasteiger partial charge in [-0.05, 0) is 24.1 Å². The molecule has 0 spiro atoms. The lowest BCUT2D eigenvalue weighted by Crippen LogP contribution is -2.45. The zero-order valence-corrected chi connectivity index (χ0v) is 12.2. The lowest BCUT2D eigenvalue weighted by molar-refractivity contribution is -0.140. The van der Waals surface area contributed by atoms with Gasteiger partial charge in [-0.2, -0.15) is 0 Å². The minimum atomic E-state index is -1.10. The van der Waals surface area contributed by atoms with Gasteiger partial charge in [0.1, 0.15) is 11.9 Å². The Morgan fingerprint density at radius 2 is 2.05 bits per heavy atom. The fourth-order valence-corrected chi connectivity index (χ4v) is 2.06. The number of carbonyl (C=O) groups excluding carboxylic acids is 1. The van der Waals surface area contributed by atoms with Crippen LogP contribution in [0, 0.1) is 11.7 Å². The number of carboxylic acid groups (broad SMARTS) is 1. The maximum Gasteiger partial charge on any atom is 0.326 e. The summed E-state index contributed by atoms with van der Waals surface area (Å²) in [6.45, 7) is 3.58. The lowest BCUT2D eigenvalue weighted by Gasteiger charge is -2.20. The average molecular weight is 332 g/mol. The van der Waals surface area contributed by atoms with Gasteiger partial charge >= 0.3 is 5.97 Å². The van der Waals surface area contributed by atoms with Gasteiger partial charge in [-0.3, -0.25) is 4.79 Å². The van der Waals surface area contributed by atoms with Crippen molar-refractivity contribution < 1.29 is 19.1 Å². The zero-order chi connectivity index (χ0) is 14.6. The maximum atomic E-state index is 13.2. The summed E-state index contributed by atoms with van der Waals surface area (Å²) < 4.78 is 13.6. The van der Waals surface area contributed by atoms with E-state index in [4.69, 9.17) is 5.11 Å². The van der Waals surface area contributed by atoms with Crippen LogP contribution in [0.25, 0.3) is 0 Å². The number of benzene rings is 1. The Kier molecular flexibility index (Phi) is 5.47. The van der Waals surface area contributed by atoms with Gasteiger partial charge in [-0.15, -0.1) is 0 Å². The van der Waals surface area contributed by atoms with Gasteiger partial charge in [-0.25, -0.2) is 9.18 Å². The Bertz CT molecular complexity index is 473. The fraction of sp³-hybridized carbons (Fsp3) is 0.385. The minimum Gasteiger partial charge on any atom is -0.480 e. The van der Waals surface area contributed by atoms with E-state index in [9.17, 15) is 14.0 Å². The molecule has 0 radical (unpaired) electrons. The van der Waals surface area contributed by atoms with Crippen molar-refractivity contribution >= 4 is 27.8 Å². The molecule has 1 aromatic rings. The summed E-state index contributed by atoms with van der Waals surface area (Å²) in [4.78, 5) is 23.0. The molecule has 1 rings (SSSR count). The molecule has 4 nitrogen and oxygen atoms in total. The molecule has 0 unspecified atom stereocenters. The minimum absolute atomic E-state index is 0.0847. The summed E-state index contributed by atoms with van der Waals surface area (Å²) in [6.07, 6.45) is 0.615. The highest BCUT2D eigenvalue weighted by molar-refractivity contribution is 9.10. The molecule has 0 saturated heterocycles. The number of amides is 1. The summed E-state index contributed by atoms with van der Waals surface area (Å²) in [5.74, 6) is -2.47. The monoisotopic (exact) mass is 331 g/mol. The number of aliphatic carboxylic acids is 1. The topological polar surface area (TPSA) is 66.4 Å².